The van der Waals surface area contributed by atoms with E-state index in [1.165, 1.54) is 11.1 Å². The second kappa shape index (κ2) is 12.9. The Morgan fingerprint density at radius 1 is 1.00 bits per heavy atom. The minimum Gasteiger partial charge on any atom is -0.481 e. The van der Waals surface area contributed by atoms with Gasteiger partial charge in [-0.15, -0.1) is 0 Å². The van der Waals surface area contributed by atoms with Crippen molar-refractivity contribution in [3.63, 3.8) is 0 Å². The van der Waals surface area contributed by atoms with Crippen LogP contribution in [0, 0.1) is 11.8 Å². The van der Waals surface area contributed by atoms with Gasteiger partial charge in [0.15, 0.2) is 0 Å². The molecule has 0 spiro atoms. The molecule has 1 aliphatic carbocycles. The molecule has 2 aromatic rings. The first-order valence-electron chi connectivity index (χ1n) is 12.5. The van der Waals surface area contributed by atoms with Gasteiger partial charge >= 0.3 is 35.4 Å². The average molecular weight is 611 g/mol. The fourth-order valence-electron chi connectivity index (χ4n) is 4.82. The zero-order valence-electron chi connectivity index (χ0n) is 22.1. The van der Waals surface area contributed by atoms with E-state index in [-0.39, 0.29) is 5.92 Å². The SMILES string of the molecule is COc1ncccc1CN1CC2Cn3c(nn(CC4CCC4)c(=O)c3=O)C2C1.O=C(O)C(F)(F)F.O=C(O)C(F)(F)F. The van der Waals surface area contributed by atoms with E-state index in [4.69, 9.17) is 24.5 Å². The maximum Gasteiger partial charge on any atom is 0.490 e. The van der Waals surface area contributed by atoms with Gasteiger partial charge in [-0.1, -0.05) is 12.5 Å². The monoisotopic (exact) mass is 611 g/mol. The van der Waals surface area contributed by atoms with Crippen LogP contribution in [0.1, 0.15) is 36.6 Å². The van der Waals surface area contributed by atoms with Crippen LogP contribution in [0.2, 0.25) is 0 Å². The molecule has 232 valence electrons. The largest absolute Gasteiger partial charge is 0.490 e. The van der Waals surface area contributed by atoms with Crippen LogP contribution in [0.3, 0.4) is 0 Å². The summed E-state index contributed by atoms with van der Waals surface area (Å²) in [6.07, 6.45) is -4.98. The normalized spacial score (nSPS) is 19.8. The second-order valence-electron chi connectivity index (χ2n) is 9.90. The Bertz CT molecular complexity index is 1380. The number of aliphatic carboxylic acids is 2. The highest BCUT2D eigenvalue weighted by molar-refractivity contribution is 5.73. The van der Waals surface area contributed by atoms with Crippen LogP contribution in [-0.4, -0.2) is 78.9 Å². The molecule has 5 rings (SSSR count). The number of carboxylic acids is 2. The lowest BCUT2D eigenvalue weighted by Gasteiger charge is -2.25. The molecule has 42 heavy (non-hydrogen) atoms. The van der Waals surface area contributed by atoms with E-state index in [1.54, 1.807) is 17.9 Å². The number of nitrogens with zero attached hydrogens (tertiary/aromatic N) is 5. The number of alkyl halides is 6. The van der Waals surface area contributed by atoms with Gasteiger partial charge in [0, 0.05) is 56.3 Å². The summed E-state index contributed by atoms with van der Waals surface area (Å²) in [6, 6.07) is 3.96. The molecule has 0 radical (unpaired) electrons. The number of carboxylic acid groups (broad SMARTS) is 2. The van der Waals surface area contributed by atoms with Crippen molar-refractivity contribution in [2.45, 2.75) is 57.2 Å². The fourth-order valence-corrected chi connectivity index (χ4v) is 4.82. The summed E-state index contributed by atoms with van der Waals surface area (Å²) in [4.78, 5) is 49.5. The third-order valence-electron chi connectivity index (χ3n) is 7.01. The van der Waals surface area contributed by atoms with Gasteiger partial charge in [0.1, 0.15) is 5.82 Å². The van der Waals surface area contributed by atoms with Gasteiger partial charge < -0.3 is 14.9 Å². The number of fused-ring (bicyclic) bond motifs is 3. The first-order chi connectivity index (χ1) is 19.5. The molecule has 0 amide bonds. The summed E-state index contributed by atoms with van der Waals surface area (Å²) >= 11 is 0. The molecule has 4 heterocycles. The van der Waals surface area contributed by atoms with Crippen LogP contribution in [-0.2, 0) is 29.2 Å². The number of likely N-dealkylation sites (tertiary alicyclic amines) is 1. The second-order valence-corrected chi connectivity index (χ2v) is 9.90. The molecule has 2 fully saturated rings. The summed E-state index contributed by atoms with van der Waals surface area (Å²) in [5.74, 6) is -3.06. The van der Waals surface area contributed by atoms with Crippen molar-refractivity contribution >= 4 is 11.9 Å². The van der Waals surface area contributed by atoms with Crippen LogP contribution in [0.15, 0.2) is 27.9 Å². The number of carbonyl (C=O) groups is 2. The highest BCUT2D eigenvalue weighted by Crippen LogP contribution is 2.38. The molecule has 0 aromatic carbocycles. The predicted octanol–water partition coefficient (Wildman–Crippen LogP) is 2.10. The number of aromatic nitrogens is 4. The molecule has 2 aliphatic heterocycles. The number of pyridine rings is 1. The molecule has 1 saturated heterocycles. The Labute approximate surface area is 233 Å². The molecule has 2 aromatic heterocycles. The molecule has 1 saturated carbocycles. The summed E-state index contributed by atoms with van der Waals surface area (Å²) in [5, 5.41) is 18.9. The maximum absolute atomic E-state index is 12.6. The Morgan fingerprint density at radius 2 is 1.60 bits per heavy atom. The van der Waals surface area contributed by atoms with E-state index in [9.17, 15) is 35.9 Å². The lowest BCUT2D eigenvalue weighted by molar-refractivity contribution is -0.193. The van der Waals surface area contributed by atoms with E-state index in [1.807, 2.05) is 12.1 Å². The molecule has 3 aliphatic rings. The number of hydrogen-bond donors (Lipinski definition) is 2. The molecule has 12 nitrogen and oxygen atoms in total. The van der Waals surface area contributed by atoms with E-state index < -0.39 is 35.4 Å². The Morgan fingerprint density at radius 3 is 2.10 bits per heavy atom. The first-order valence-corrected chi connectivity index (χ1v) is 12.5. The maximum atomic E-state index is 12.6. The Hall–Kier alpha value is -3.96. The quantitative estimate of drug-likeness (QED) is 0.379. The van der Waals surface area contributed by atoms with Gasteiger partial charge in [0.25, 0.3) is 0 Å². The van der Waals surface area contributed by atoms with Crippen molar-refractivity contribution < 1.29 is 50.9 Å². The number of halogens is 6. The van der Waals surface area contributed by atoms with Crippen molar-refractivity contribution in [3.8, 4) is 5.88 Å². The van der Waals surface area contributed by atoms with Crippen LogP contribution in [0.4, 0.5) is 26.3 Å². The lowest BCUT2D eigenvalue weighted by Crippen LogP contribution is -2.45. The average Bonchev–Trinajstić information content (AvgIpc) is 3.42. The Kier molecular flexibility index (Phi) is 10.0. The number of hydrogen-bond acceptors (Lipinski definition) is 8. The number of rotatable bonds is 5. The summed E-state index contributed by atoms with van der Waals surface area (Å²) in [5.41, 5.74) is 0.192. The minimum atomic E-state index is -5.08. The first kappa shape index (κ1) is 32.6. The number of methoxy groups -OCH3 is 1. The molecule has 2 atom stereocenters. The third kappa shape index (κ3) is 7.86. The third-order valence-corrected chi connectivity index (χ3v) is 7.01. The summed E-state index contributed by atoms with van der Waals surface area (Å²) in [7, 11) is 1.64. The minimum absolute atomic E-state index is 0.198. The standard InChI is InChI=1S/C20H25N5O3.2C2HF3O2/c1-28-18-14(6-3-7-21-18)9-23-10-15-11-24-17(16(15)12-23)22-25(20(27)19(24)26)8-13-4-2-5-13;2*3-2(4,5)1(6)7/h3,6-7,13,15-16H,2,4-5,8-12H2,1H3;2*(H,6,7). The van der Waals surface area contributed by atoms with Crippen LogP contribution < -0.4 is 15.9 Å². The van der Waals surface area contributed by atoms with Gasteiger partial charge in [-0.3, -0.25) is 19.1 Å². The molecule has 2 unspecified atom stereocenters. The van der Waals surface area contributed by atoms with Gasteiger partial charge in [-0.25, -0.2) is 19.3 Å². The molecule has 2 N–H and O–H groups in total. The molecule has 0 bridgehead atoms. The lowest BCUT2D eigenvalue weighted by atomic mass is 9.85. The van der Waals surface area contributed by atoms with E-state index >= 15 is 0 Å². The van der Waals surface area contributed by atoms with Gasteiger partial charge in [0.2, 0.25) is 5.88 Å². The zero-order valence-corrected chi connectivity index (χ0v) is 22.1. The summed E-state index contributed by atoms with van der Waals surface area (Å²) in [6.45, 7) is 3.64. The predicted molar refractivity (Wildman–Crippen MR) is 130 cm³/mol. The van der Waals surface area contributed by atoms with E-state index in [0.717, 1.165) is 43.9 Å². The molecular formula is C24H27F6N5O7. The van der Waals surface area contributed by atoms with Crippen molar-refractivity contribution in [1.29, 1.82) is 0 Å². The van der Waals surface area contributed by atoms with Gasteiger partial charge in [-0.2, -0.15) is 31.4 Å². The van der Waals surface area contributed by atoms with Crippen molar-refractivity contribution in [2.24, 2.45) is 11.8 Å². The van der Waals surface area contributed by atoms with Crippen molar-refractivity contribution in [2.75, 3.05) is 20.2 Å². The van der Waals surface area contributed by atoms with Crippen LogP contribution >= 0.6 is 0 Å². The summed E-state index contributed by atoms with van der Waals surface area (Å²) < 4.78 is 71.9. The Balaban J connectivity index is 0.000000289. The molecular weight excluding hydrogens is 584 g/mol. The highest BCUT2D eigenvalue weighted by Gasteiger charge is 2.43. The van der Waals surface area contributed by atoms with Crippen molar-refractivity contribution in [3.05, 3.63) is 50.4 Å². The van der Waals surface area contributed by atoms with E-state index in [2.05, 4.69) is 15.0 Å². The highest BCUT2D eigenvalue weighted by atomic mass is 19.4. The van der Waals surface area contributed by atoms with Gasteiger partial charge in [0.05, 0.1) is 7.11 Å². The van der Waals surface area contributed by atoms with Crippen LogP contribution in [0.5, 0.6) is 5.88 Å². The zero-order chi connectivity index (χ0) is 31.4. The topological polar surface area (TPSA) is 157 Å². The van der Waals surface area contributed by atoms with Crippen molar-refractivity contribution in [1.82, 2.24) is 24.2 Å². The van der Waals surface area contributed by atoms with E-state index in [0.29, 0.717) is 30.8 Å². The smallest absolute Gasteiger partial charge is 0.481 e. The number of ether oxygens (including phenoxy) is 1. The molecule has 18 heteroatoms. The van der Waals surface area contributed by atoms with Gasteiger partial charge in [-0.05, 0) is 24.8 Å². The van der Waals surface area contributed by atoms with Crippen LogP contribution in [0.25, 0.3) is 0 Å². The fraction of sp³-hybridized carbons (Fsp3) is 0.583.